The molecule has 0 aliphatic rings. The fourth-order valence-corrected chi connectivity index (χ4v) is 2.23. The number of rotatable bonds is 5. The molecule has 0 spiro atoms. The third-order valence-corrected chi connectivity index (χ3v) is 3.78. The number of hydrogen-bond acceptors (Lipinski definition) is 3. The lowest BCUT2D eigenvalue weighted by Crippen LogP contribution is -2.28. The largest absolute Gasteiger partial charge is 0.311 e. The zero-order valence-electron chi connectivity index (χ0n) is 10.2. The van der Waals surface area contributed by atoms with Crippen LogP contribution >= 0.6 is 11.3 Å². The van der Waals surface area contributed by atoms with E-state index in [9.17, 15) is 0 Å². The summed E-state index contributed by atoms with van der Waals surface area (Å²) in [5, 5.41) is 5.53. The van der Waals surface area contributed by atoms with E-state index in [1.165, 1.54) is 6.42 Å². The molecule has 0 aliphatic carbocycles. The quantitative estimate of drug-likeness (QED) is 0.866. The minimum Gasteiger partial charge on any atom is -0.311 e. The van der Waals surface area contributed by atoms with Crippen molar-refractivity contribution in [2.45, 2.75) is 33.7 Å². The van der Waals surface area contributed by atoms with E-state index in [0.29, 0.717) is 5.41 Å². The number of nitrogens with one attached hydrogen (secondary N) is 1. The van der Waals surface area contributed by atoms with E-state index in [2.05, 4.69) is 47.0 Å². The van der Waals surface area contributed by atoms with Crippen LogP contribution in [0.3, 0.4) is 0 Å². The van der Waals surface area contributed by atoms with E-state index >= 15 is 0 Å². The van der Waals surface area contributed by atoms with Gasteiger partial charge in [-0.15, -0.1) is 11.3 Å². The topological polar surface area (TPSA) is 29.3 Å². The molecule has 88 valence electrons. The molecule has 0 aliphatic heterocycles. The maximum Gasteiger partial charge on any atom is 0.193 e. The molecule has 2 aromatic rings. The number of thiazole rings is 1. The average Bonchev–Trinajstić information content (AvgIpc) is 2.77. The van der Waals surface area contributed by atoms with Crippen LogP contribution in [0, 0.1) is 5.41 Å². The van der Waals surface area contributed by atoms with Crippen molar-refractivity contribution in [2.75, 3.05) is 6.54 Å². The van der Waals surface area contributed by atoms with E-state index in [4.69, 9.17) is 0 Å². The van der Waals surface area contributed by atoms with Gasteiger partial charge in [0.05, 0.1) is 5.69 Å². The van der Waals surface area contributed by atoms with Gasteiger partial charge in [-0.25, -0.2) is 4.98 Å². The number of aromatic nitrogens is 2. The van der Waals surface area contributed by atoms with Crippen LogP contribution in [0.15, 0.2) is 17.8 Å². The maximum atomic E-state index is 4.54. The van der Waals surface area contributed by atoms with Crippen molar-refractivity contribution in [3.8, 4) is 0 Å². The van der Waals surface area contributed by atoms with Crippen LogP contribution in [-0.4, -0.2) is 15.9 Å². The zero-order valence-corrected chi connectivity index (χ0v) is 11.0. The van der Waals surface area contributed by atoms with Gasteiger partial charge in [0.15, 0.2) is 4.96 Å². The van der Waals surface area contributed by atoms with Crippen LogP contribution in [0.25, 0.3) is 4.96 Å². The average molecular weight is 237 g/mol. The Morgan fingerprint density at radius 2 is 2.31 bits per heavy atom. The van der Waals surface area contributed by atoms with Crippen molar-refractivity contribution in [3.05, 3.63) is 23.5 Å². The SMILES string of the molecule is CCC(C)(C)CNCc1cn2ccsc2n1. The normalized spacial score (nSPS) is 12.4. The molecule has 0 saturated heterocycles. The van der Waals surface area contributed by atoms with Crippen LogP contribution in [0.5, 0.6) is 0 Å². The summed E-state index contributed by atoms with van der Waals surface area (Å²) in [4.78, 5) is 5.61. The van der Waals surface area contributed by atoms with Gasteiger partial charge in [-0.2, -0.15) is 0 Å². The molecule has 16 heavy (non-hydrogen) atoms. The van der Waals surface area contributed by atoms with Gasteiger partial charge in [0.1, 0.15) is 0 Å². The van der Waals surface area contributed by atoms with E-state index in [-0.39, 0.29) is 0 Å². The van der Waals surface area contributed by atoms with Crippen molar-refractivity contribution < 1.29 is 0 Å². The summed E-state index contributed by atoms with van der Waals surface area (Å²) in [6.45, 7) is 8.69. The Labute approximate surface area is 101 Å². The highest BCUT2D eigenvalue weighted by Crippen LogP contribution is 2.18. The van der Waals surface area contributed by atoms with Crippen LogP contribution in [0.4, 0.5) is 0 Å². The van der Waals surface area contributed by atoms with Crippen LogP contribution in [0.2, 0.25) is 0 Å². The minimum atomic E-state index is 0.372. The Morgan fingerprint density at radius 1 is 1.50 bits per heavy atom. The third kappa shape index (κ3) is 2.62. The summed E-state index contributed by atoms with van der Waals surface area (Å²) in [6, 6.07) is 0. The first kappa shape index (κ1) is 11.6. The molecular weight excluding hydrogens is 218 g/mol. The summed E-state index contributed by atoms with van der Waals surface area (Å²) in [5.41, 5.74) is 1.50. The lowest BCUT2D eigenvalue weighted by Gasteiger charge is -2.22. The summed E-state index contributed by atoms with van der Waals surface area (Å²) >= 11 is 1.68. The van der Waals surface area contributed by atoms with Crippen molar-refractivity contribution in [1.29, 1.82) is 0 Å². The highest BCUT2D eigenvalue weighted by atomic mass is 32.1. The number of hydrogen-bond donors (Lipinski definition) is 1. The second kappa shape index (κ2) is 4.55. The molecule has 2 rings (SSSR count). The summed E-state index contributed by atoms with van der Waals surface area (Å²) in [7, 11) is 0. The Morgan fingerprint density at radius 3 is 3.00 bits per heavy atom. The fourth-order valence-electron chi connectivity index (χ4n) is 1.52. The smallest absolute Gasteiger partial charge is 0.193 e. The Bertz CT molecular complexity index is 427. The molecule has 0 aromatic carbocycles. The van der Waals surface area contributed by atoms with Crippen LogP contribution < -0.4 is 5.32 Å². The predicted molar refractivity (Wildman–Crippen MR) is 68.8 cm³/mol. The summed E-state index contributed by atoms with van der Waals surface area (Å²) in [6.07, 6.45) is 5.34. The molecule has 3 nitrogen and oxygen atoms in total. The lowest BCUT2D eigenvalue weighted by atomic mass is 9.90. The summed E-state index contributed by atoms with van der Waals surface area (Å²) in [5.74, 6) is 0. The van der Waals surface area contributed by atoms with Crippen molar-refractivity contribution in [2.24, 2.45) is 5.41 Å². The number of nitrogens with zero attached hydrogens (tertiary/aromatic N) is 2. The molecule has 2 heterocycles. The van der Waals surface area contributed by atoms with E-state index < -0.39 is 0 Å². The van der Waals surface area contributed by atoms with E-state index in [1.54, 1.807) is 11.3 Å². The van der Waals surface area contributed by atoms with Crippen LogP contribution in [-0.2, 0) is 6.54 Å². The second-order valence-corrected chi connectivity index (χ2v) is 5.82. The van der Waals surface area contributed by atoms with Gasteiger partial charge in [-0.1, -0.05) is 20.8 Å². The van der Waals surface area contributed by atoms with Crippen molar-refractivity contribution >= 4 is 16.3 Å². The molecule has 0 atom stereocenters. The molecule has 0 radical (unpaired) electrons. The molecule has 4 heteroatoms. The third-order valence-electron chi connectivity index (χ3n) is 3.01. The summed E-state index contributed by atoms with van der Waals surface area (Å²) < 4.78 is 2.08. The Hall–Kier alpha value is -0.870. The molecule has 1 N–H and O–H groups in total. The molecule has 0 bridgehead atoms. The van der Waals surface area contributed by atoms with Gasteiger partial charge < -0.3 is 5.32 Å². The van der Waals surface area contributed by atoms with Gasteiger partial charge >= 0.3 is 0 Å². The lowest BCUT2D eigenvalue weighted by molar-refractivity contribution is 0.327. The van der Waals surface area contributed by atoms with Gasteiger partial charge in [-0.05, 0) is 11.8 Å². The predicted octanol–water partition coefficient (Wildman–Crippen LogP) is 2.92. The minimum absolute atomic E-state index is 0.372. The van der Waals surface area contributed by atoms with Gasteiger partial charge in [-0.3, -0.25) is 4.40 Å². The van der Waals surface area contributed by atoms with Crippen molar-refractivity contribution in [3.63, 3.8) is 0 Å². The Balaban J connectivity index is 1.89. The molecule has 0 unspecified atom stereocenters. The maximum absolute atomic E-state index is 4.54. The van der Waals surface area contributed by atoms with E-state index in [0.717, 1.165) is 23.7 Å². The van der Waals surface area contributed by atoms with E-state index in [1.807, 2.05) is 6.20 Å². The molecule has 0 fully saturated rings. The highest BCUT2D eigenvalue weighted by molar-refractivity contribution is 7.15. The molecule has 0 amide bonds. The molecule has 0 saturated carbocycles. The standard InChI is InChI=1S/C12H19N3S/c1-4-12(2,3)9-13-7-10-8-15-5-6-16-11(15)14-10/h5-6,8,13H,4,7,9H2,1-3H3. The van der Waals surface area contributed by atoms with Gasteiger partial charge in [0, 0.05) is 30.9 Å². The van der Waals surface area contributed by atoms with Gasteiger partial charge in [0.25, 0.3) is 0 Å². The van der Waals surface area contributed by atoms with Crippen LogP contribution in [0.1, 0.15) is 32.9 Å². The highest BCUT2D eigenvalue weighted by Gasteiger charge is 2.14. The number of imidazole rings is 1. The Kier molecular flexibility index (Phi) is 3.30. The fraction of sp³-hybridized carbons (Fsp3) is 0.583. The first-order valence-corrected chi connectivity index (χ1v) is 6.60. The second-order valence-electron chi connectivity index (χ2n) is 4.95. The zero-order chi connectivity index (χ0) is 11.6. The van der Waals surface area contributed by atoms with Gasteiger partial charge in [0.2, 0.25) is 0 Å². The number of fused-ring (bicyclic) bond motifs is 1. The monoisotopic (exact) mass is 237 g/mol. The molecular formula is C12H19N3S. The van der Waals surface area contributed by atoms with Crippen molar-refractivity contribution in [1.82, 2.24) is 14.7 Å². The molecule has 2 aromatic heterocycles. The first-order chi connectivity index (χ1) is 7.61. The first-order valence-electron chi connectivity index (χ1n) is 5.72.